The number of ether oxygens (including phenoxy) is 1. The molecule has 3 rings (SSSR count). The molecule has 10 heteroatoms. The molecule has 5 N–H and O–H groups in total. The molecule has 2 aromatic rings. The van der Waals surface area contributed by atoms with Gasteiger partial charge in [-0.05, 0) is 48.7 Å². The van der Waals surface area contributed by atoms with Crippen molar-refractivity contribution in [2.75, 3.05) is 25.5 Å². The van der Waals surface area contributed by atoms with Gasteiger partial charge in [-0.3, -0.25) is 10.1 Å². The number of rotatable bonds is 5. The normalized spacial score (nSPS) is 16.2. The van der Waals surface area contributed by atoms with Gasteiger partial charge in [-0.25, -0.2) is 9.59 Å². The number of urea groups is 1. The van der Waals surface area contributed by atoms with Gasteiger partial charge < -0.3 is 25.8 Å². The van der Waals surface area contributed by atoms with Crippen LogP contribution < -0.4 is 21.1 Å². The molecule has 2 heterocycles. The van der Waals surface area contributed by atoms with Crippen LogP contribution in [0.1, 0.15) is 23.2 Å². The number of carboxylic acid groups (broad SMARTS) is 1. The lowest BCUT2D eigenvalue weighted by molar-refractivity contribution is 0.0889. The van der Waals surface area contributed by atoms with Crippen LogP contribution in [0.25, 0.3) is 10.4 Å². The predicted octanol–water partition coefficient (Wildman–Crippen LogP) is 2.79. The summed E-state index contributed by atoms with van der Waals surface area (Å²) in [6.45, 7) is 0.686. The SMILES string of the molecule is COc1ccc(-c2cc(C(=O)NC3CCCN(C(=O)O)C3)c(NC(N)=O)s2)cc1. The molecular formula is C19H22N4O5S. The number of anilines is 1. The van der Waals surface area contributed by atoms with Gasteiger partial charge >= 0.3 is 12.1 Å². The third kappa shape index (κ3) is 4.96. The van der Waals surface area contributed by atoms with E-state index in [-0.39, 0.29) is 24.1 Å². The van der Waals surface area contributed by atoms with E-state index in [1.807, 2.05) is 12.1 Å². The number of nitrogens with one attached hydrogen (secondary N) is 2. The van der Waals surface area contributed by atoms with Crippen molar-refractivity contribution in [3.63, 3.8) is 0 Å². The Morgan fingerprint density at radius 2 is 2.00 bits per heavy atom. The Balaban J connectivity index is 1.82. The summed E-state index contributed by atoms with van der Waals surface area (Å²) in [7, 11) is 1.58. The molecule has 1 saturated heterocycles. The highest BCUT2D eigenvalue weighted by atomic mass is 32.1. The van der Waals surface area contributed by atoms with Crippen LogP contribution in [0.3, 0.4) is 0 Å². The van der Waals surface area contributed by atoms with E-state index in [0.29, 0.717) is 30.1 Å². The third-order valence-electron chi connectivity index (χ3n) is 4.62. The maximum Gasteiger partial charge on any atom is 0.407 e. The van der Waals surface area contributed by atoms with Gasteiger partial charge in [0.05, 0.1) is 12.7 Å². The fourth-order valence-electron chi connectivity index (χ4n) is 3.19. The van der Waals surface area contributed by atoms with Crippen LogP contribution >= 0.6 is 11.3 Å². The van der Waals surface area contributed by atoms with Crippen LogP contribution in [0.4, 0.5) is 14.6 Å². The maximum atomic E-state index is 12.9. The molecule has 0 saturated carbocycles. The zero-order valence-electron chi connectivity index (χ0n) is 15.8. The van der Waals surface area contributed by atoms with Gasteiger partial charge in [0.2, 0.25) is 0 Å². The van der Waals surface area contributed by atoms with E-state index in [1.165, 1.54) is 16.2 Å². The van der Waals surface area contributed by atoms with Gasteiger partial charge in [-0.1, -0.05) is 0 Å². The van der Waals surface area contributed by atoms with Gasteiger partial charge in [-0.15, -0.1) is 11.3 Å². The summed E-state index contributed by atoms with van der Waals surface area (Å²) in [5.74, 6) is 0.320. The summed E-state index contributed by atoms with van der Waals surface area (Å²) in [6, 6.07) is 7.94. The molecule has 0 spiro atoms. The lowest BCUT2D eigenvalue weighted by Crippen LogP contribution is -2.49. The molecule has 1 aromatic heterocycles. The number of thiophene rings is 1. The molecule has 0 bridgehead atoms. The number of benzene rings is 1. The third-order valence-corrected chi connectivity index (χ3v) is 5.71. The van der Waals surface area contributed by atoms with E-state index in [1.54, 1.807) is 25.3 Å². The summed E-state index contributed by atoms with van der Waals surface area (Å²) >= 11 is 1.23. The summed E-state index contributed by atoms with van der Waals surface area (Å²) in [6.07, 6.45) is 0.353. The highest BCUT2D eigenvalue weighted by molar-refractivity contribution is 7.20. The monoisotopic (exact) mass is 418 g/mol. The van der Waals surface area contributed by atoms with Gasteiger partial charge in [0.15, 0.2) is 0 Å². The summed E-state index contributed by atoms with van der Waals surface area (Å²) < 4.78 is 5.15. The first-order chi connectivity index (χ1) is 13.9. The Bertz CT molecular complexity index is 912. The molecule has 4 amide bonds. The van der Waals surface area contributed by atoms with Crippen molar-refractivity contribution in [2.24, 2.45) is 5.73 Å². The van der Waals surface area contributed by atoms with Crippen molar-refractivity contribution in [1.29, 1.82) is 0 Å². The van der Waals surface area contributed by atoms with Crippen LogP contribution in [0.5, 0.6) is 5.75 Å². The minimum atomic E-state index is -1.00. The molecule has 154 valence electrons. The highest BCUT2D eigenvalue weighted by Gasteiger charge is 2.26. The number of nitrogens with zero attached hydrogens (tertiary/aromatic N) is 1. The van der Waals surface area contributed by atoms with E-state index < -0.39 is 12.1 Å². The average molecular weight is 418 g/mol. The molecule has 1 aliphatic heterocycles. The summed E-state index contributed by atoms with van der Waals surface area (Å²) in [5.41, 5.74) is 6.39. The number of methoxy groups -OCH3 is 1. The lowest BCUT2D eigenvalue weighted by Gasteiger charge is -2.31. The number of nitrogens with two attached hydrogens (primary N) is 1. The first kappa shape index (κ1) is 20.5. The number of carbonyl (C=O) groups is 3. The second-order valence-electron chi connectivity index (χ2n) is 6.61. The van der Waals surface area contributed by atoms with Crippen LogP contribution in [0, 0.1) is 0 Å². The number of piperidine rings is 1. The summed E-state index contributed by atoms with van der Waals surface area (Å²) in [4.78, 5) is 37.5. The number of hydrogen-bond donors (Lipinski definition) is 4. The van der Waals surface area contributed by atoms with Crippen LogP contribution in [-0.2, 0) is 0 Å². The topological polar surface area (TPSA) is 134 Å². The Labute approximate surface area is 171 Å². The van der Waals surface area contributed by atoms with Crippen molar-refractivity contribution in [3.05, 3.63) is 35.9 Å². The fourth-order valence-corrected chi connectivity index (χ4v) is 4.26. The van der Waals surface area contributed by atoms with Crippen molar-refractivity contribution in [2.45, 2.75) is 18.9 Å². The van der Waals surface area contributed by atoms with E-state index in [2.05, 4.69) is 10.6 Å². The van der Waals surface area contributed by atoms with Crippen molar-refractivity contribution in [1.82, 2.24) is 10.2 Å². The molecule has 1 atom stereocenters. The maximum absolute atomic E-state index is 12.9. The highest BCUT2D eigenvalue weighted by Crippen LogP contribution is 2.36. The second-order valence-corrected chi connectivity index (χ2v) is 7.66. The van der Waals surface area contributed by atoms with Gasteiger partial charge in [0.1, 0.15) is 10.8 Å². The van der Waals surface area contributed by atoms with E-state index in [9.17, 15) is 14.4 Å². The molecule has 1 aromatic carbocycles. The van der Waals surface area contributed by atoms with Crippen LogP contribution in [-0.4, -0.2) is 54.3 Å². The first-order valence-electron chi connectivity index (χ1n) is 9.01. The Hall–Kier alpha value is -3.27. The van der Waals surface area contributed by atoms with E-state index in [0.717, 1.165) is 10.4 Å². The zero-order chi connectivity index (χ0) is 21.0. The van der Waals surface area contributed by atoms with Crippen LogP contribution in [0.2, 0.25) is 0 Å². The molecule has 29 heavy (non-hydrogen) atoms. The van der Waals surface area contributed by atoms with Gasteiger partial charge in [-0.2, -0.15) is 0 Å². The van der Waals surface area contributed by atoms with E-state index >= 15 is 0 Å². The Morgan fingerprint density at radius 1 is 1.28 bits per heavy atom. The quantitative estimate of drug-likeness (QED) is 0.592. The molecular weight excluding hydrogens is 396 g/mol. The molecule has 0 aliphatic carbocycles. The molecule has 1 unspecified atom stereocenters. The Kier molecular flexibility index (Phi) is 6.23. The molecule has 0 radical (unpaired) electrons. The fraction of sp³-hybridized carbons (Fsp3) is 0.316. The van der Waals surface area contributed by atoms with Crippen molar-refractivity contribution < 1.29 is 24.2 Å². The van der Waals surface area contributed by atoms with Gasteiger partial charge in [0, 0.05) is 24.0 Å². The molecule has 1 fully saturated rings. The predicted molar refractivity (Wildman–Crippen MR) is 110 cm³/mol. The number of amides is 4. The number of primary amides is 1. The van der Waals surface area contributed by atoms with Crippen LogP contribution in [0.15, 0.2) is 30.3 Å². The largest absolute Gasteiger partial charge is 0.497 e. The van der Waals surface area contributed by atoms with E-state index in [4.69, 9.17) is 15.6 Å². The number of carbonyl (C=O) groups excluding carboxylic acids is 2. The molecule has 1 aliphatic rings. The standard InChI is InChI=1S/C19H22N4O5S/c1-28-13-6-4-11(5-7-13)15-9-14(17(29-15)22-18(20)25)16(24)21-12-3-2-8-23(10-12)19(26)27/h4-7,9,12H,2-3,8,10H2,1H3,(H,21,24)(H,26,27)(H3,20,22,25). The minimum Gasteiger partial charge on any atom is -0.497 e. The van der Waals surface area contributed by atoms with Crippen molar-refractivity contribution in [3.8, 4) is 16.2 Å². The Morgan fingerprint density at radius 3 is 2.62 bits per heavy atom. The lowest BCUT2D eigenvalue weighted by atomic mass is 10.1. The summed E-state index contributed by atoms with van der Waals surface area (Å²) in [5, 5.41) is 14.9. The zero-order valence-corrected chi connectivity index (χ0v) is 16.6. The first-order valence-corrected chi connectivity index (χ1v) is 9.82. The number of hydrogen-bond acceptors (Lipinski definition) is 5. The smallest absolute Gasteiger partial charge is 0.407 e. The average Bonchev–Trinajstić information content (AvgIpc) is 3.11. The second kappa shape index (κ2) is 8.82. The molecule has 9 nitrogen and oxygen atoms in total. The minimum absolute atomic E-state index is 0.231. The van der Waals surface area contributed by atoms with Crippen molar-refractivity contribution >= 4 is 34.4 Å². The number of likely N-dealkylation sites (tertiary alicyclic amines) is 1. The van der Waals surface area contributed by atoms with Gasteiger partial charge in [0.25, 0.3) is 5.91 Å².